The highest BCUT2D eigenvalue weighted by atomic mass is 35.5. The molecule has 1 atom stereocenters. The number of carboxylic acid groups (broad SMARTS) is 1. The van der Waals surface area contributed by atoms with Crippen molar-refractivity contribution in [3.63, 3.8) is 0 Å². The van der Waals surface area contributed by atoms with Crippen LogP contribution in [0, 0.1) is 20.8 Å². The summed E-state index contributed by atoms with van der Waals surface area (Å²) < 4.78 is 11.9. The number of oxazole rings is 1. The number of fused-ring (bicyclic) bond motifs is 1. The SMILES string of the molecule is COc1cc(/C=C/c2cccc(-c3cccc(-c4nc5cc(CO)cc(Cl)c5o4)c3C)c2C)c(C)cc1CN1CCC[C@H]1C(=O)O. The maximum absolute atomic E-state index is 11.7. The monoisotopic (exact) mass is 636 g/mol. The van der Waals surface area contributed by atoms with Crippen LogP contribution < -0.4 is 4.74 Å². The molecule has 1 aromatic heterocycles. The molecule has 1 fully saturated rings. The van der Waals surface area contributed by atoms with Crippen LogP contribution in [0.3, 0.4) is 0 Å². The number of carbonyl (C=O) groups is 1. The molecule has 0 spiro atoms. The van der Waals surface area contributed by atoms with Crippen molar-refractivity contribution in [1.82, 2.24) is 9.88 Å². The Morgan fingerprint density at radius 2 is 1.74 bits per heavy atom. The fourth-order valence-electron chi connectivity index (χ4n) is 6.49. The Bertz CT molecular complexity index is 1980. The smallest absolute Gasteiger partial charge is 0.320 e. The molecule has 2 heterocycles. The lowest BCUT2D eigenvalue weighted by Crippen LogP contribution is -2.35. The Balaban J connectivity index is 1.30. The second kappa shape index (κ2) is 13.1. The average Bonchev–Trinajstić information content (AvgIpc) is 3.69. The number of aliphatic hydroxyl groups excluding tert-OH is 1. The molecule has 0 unspecified atom stereocenters. The van der Waals surface area contributed by atoms with Gasteiger partial charge in [0.15, 0.2) is 5.58 Å². The Kier molecular flexibility index (Phi) is 9.00. The predicted molar refractivity (Wildman–Crippen MR) is 183 cm³/mol. The number of aryl methyl sites for hydroxylation is 1. The lowest BCUT2D eigenvalue weighted by molar-refractivity contribution is -0.142. The van der Waals surface area contributed by atoms with E-state index in [0.29, 0.717) is 40.5 Å². The summed E-state index contributed by atoms with van der Waals surface area (Å²) in [5.41, 5.74) is 11.3. The van der Waals surface area contributed by atoms with Crippen LogP contribution in [0.25, 0.3) is 45.8 Å². The lowest BCUT2D eigenvalue weighted by atomic mass is 9.91. The number of rotatable bonds is 9. The van der Waals surface area contributed by atoms with Crippen LogP contribution in [0.4, 0.5) is 0 Å². The molecule has 6 rings (SSSR count). The first-order chi connectivity index (χ1) is 22.2. The van der Waals surface area contributed by atoms with E-state index in [0.717, 1.165) is 68.8 Å². The second-order valence-corrected chi connectivity index (χ2v) is 12.3. The van der Waals surface area contributed by atoms with E-state index in [1.54, 1.807) is 19.2 Å². The quantitative estimate of drug-likeness (QED) is 0.157. The van der Waals surface area contributed by atoms with Gasteiger partial charge in [0.2, 0.25) is 5.89 Å². The largest absolute Gasteiger partial charge is 0.496 e. The minimum atomic E-state index is -0.763. The predicted octanol–water partition coefficient (Wildman–Crippen LogP) is 8.46. The normalized spacial score (nSPS) is 15.3. The molecular weight excluding hydrogens is 600 g/mol. The molecule has 0 saturated carbocycles. The number of hydrogen-bond donors (Lipinski definition) is 2. The minimum absolute atomic E-state index is 0.122. The summed E-state index contributed by atoms with van der Waals surface area (Å²) in [7, 11) is 1.66. The van der Waals surface area contributed by atoms with Crippen molar-refractivity contribution in [1.29, 1.82) is 0 Å². The summed E-state index contributed by atoms with van der Waals surface area (Å²) in [6.45, 7) is 7.46. The standard InChI is InChI=1S/C38H37ClN2O5/c1-22-16-28(20-41-15-7-12-34(41)38(43)44)35(45-4)19-27(22)14-13-26-8-5-9-29(23(26)2)30-10-6-11-31(24(30)3)37-40-33-18-25(21-42)17-32(39)36(33)46-37/h5-6,8-11,13-14,16-19,34,42H,7,12,15,20-21H2,1-4H3,(H,43,44)/b14-13+/t34-/m0/s1. The van der Waals surface area contributed by atoms with Gasteiger partial charge in [0.25, 0.3) is 0 Å². The van der Waals surface area contributed by atoms with Crippen LogP contribution in [0.2, 0.25) is 5.02 Å². The Morgan fingerprint density at radius 1 is 1.02 bits per heavy atom. The Labute approximate surface area is 273 Å². The van der Waals surface area contributed by atoms with Gasteiger partial charge in [0, 0.05) is 17.7 Å². The molecule has 4 aromatic carbocycles. The topological polar surface area (TPSA) is 96.0 Å². The second-order valence-electron chi connectivity index (χ2n) is 11.9. The van der Waals surface area contributed by atoms with Crippen LogP contribution in [-0.2, 0) is 17.9 Å². The van der Waals surface area contributed by atoms with Crippen molar-refractivity contribution in [2.75, 3.05) is 13.7 Å². The third-order valence-corrected chi connectivity index (χ3v) is 9.33. The summed E-state index contributed by atoms with van der Waals surface area (Å²) in [5.74, 6) is 0.476. The molecule has 1 aliphatic heterocycles. The van der Waals surface area contributed by atoms with Crippen molar-refractivity contribution >= 4 is 40.8 Å². The molecule has 2 N–H and O–H groups in total. The summed E-state index contributed by atoms with van der Waals surface area (Å²) in [6.07, 6.45) is 5.80. The van der Waals surface area contributed by atoms with Gasteiger partial charge in [-0.25, -0.2) is 4.98 Å². The first-order valence-electron chi connectivity index (χ1n) is 15.4. The van der Waals surface area contributed by atoms with Crippen LogP contribution in [-0.4, -0.2) is 45.8 Å². The summed E-state index contributed by atoms with van der Waals surface area (Å²) in [6, 6.07) is 19.6. The highest BCUT2D eigenvalue weighted by Crippen LogP contribution is 2.37. The van der Waals surface area contributed by atoms with Gasteiger partial charge in [-0.3, -0.25) is 9.69 Å². The Hall–Kier alpha value is -4.43. The summed E-state index contributed by atoms with van der Waals surface area (Å²) in [5, 5.41) is 19.6. The van der Waals surface area contributed by atoms with E-state index >= 15 is 0 Å². The molecule has 8 heteroatoms. The molecule has 5 aromatic rings. The number of likely N-dealkylation sites (tertiary alicyclic amines) is 1. The van der Waals surface area contributed by atoms with Gasteiger partial charge >= 0.3 is 5.97 Å². The van der Waals surface area contributed by atoms with Crippen LogP contribution in [0.1, 0.15) is 51.8 Å². The number of methoxy groups -OCH3 is 1. The number of aromatic nitrogens is 1. The van der Waals surface area contributed by atoms with Gasteiger partial charge in [0.05, 0.1) is 18.7 Å². The van der Waals surface area contributed by atoms with Gasteiger partial charge in [0.1, 0.15) is 17.3 Å². The number of aliphatic hydroxyl groups is 1. The van der Waals surface area contributed by atoms with Crippen LogP contribution >= 0.6 is 11.6 Å². The van der Waals surface area contributed by atoms with Gasteiger partial charge in [-0.2, -0.15) is 0 Å². The first-order valence-corrected chi connectivity index (χ1v) is 15.8. The van der Waals surface area contributed by atoms with Gasteiger partial charge < -0.3 is 19.4 Å². The minimum Gasteiger partial charge on any atom is -0.496 e. The molecule has 7 nitrogen and oxygen atoms in total. The molecule has 0 bridgehead atoms. The summed E-state index contributed by atoms with van der Waals surface area (Å²) >= 11 is 6.43. The van der Waals surface area contributed by atoms with E-state index in [9.17, 15) is 15.0 Å². The Morgan fingerprint density at radius 3 is 2.48 bits per heavy atom. The van der Waals surface area contributed by atoms with Crippen molar-refractivity contribution < 1.29 is 24.2 Å². The fourth-order valence-corrected chi connectivity index (χ4v) is 6.76. The number of benzene rings is 4. The molecule has 0 aliphatic carbocycles. The van der Waals surface area contributed by atoms with Crippen molar-refractivity contribution in [3.8, 4) is 28.3 Å². The van der Waals surface area contributed by atoms with Gasteiger partial charge in [-0.05, 0) is 109 Å². The highest BCUT2D eigenvalue weighted by molar-refractivity contribution is 6.34. The molecule has 236 valence electrons. The molecule has 46 heavy (non-hydrogen) atoms. The molecule has 1 aliphatic rings. The molecular formula is C38H37ClN2O5. The zero-order chi connectivity index (χ0) is 32.5. The summed E-state index contributed by atoms with van der Waals surface area (Å²) in [4.78, 5) is 18.4. The van der Waals surface area contributed by atoms with Crippen molar-refractivity contribution in [3.05, 3.63) is 105 Å². The maximum Gasteiger partial charge on any atom is 0.320 e. The highest BCUT2D eigenvalue weighted by Gasteiger charge is 2.31. The number of ether oxygens (including phenoxy) is 1. The van der Waals surface area contributed by atoms with Crippen LogP contribution in [0.5, 0.6) is 5.75 Å². The molecule has 0 amide bonds. The molecule has 1 saturated heterocycles. The van der Waals surface area contributed by atoms with E-state index in [-0.39, 0.29) is 6.61 Å². The van der Waals surface area contributed by atoms with Crippen molar-refractivity contribution in [2.45, 2.75) is 52.8 Å². The number of nitrogens with zero attached hydrogens (tertiary/aromatic N) is 2. The third kappa shape index (κ3) is 6.06. The zero-order valence-electron chi connectivity index (χ0n) is 26.4. The van der Waals surface area contributed by atoms with Gasteiger partial charge in [-0.1, -0.05) is 60.2 Å². The van der Waals surface area contributed by atoms with E-state index in [1.165, 1.54) is 0 Å². The number of aliphatic carboxylic acids is 1. The van der Waals surface area contributed by atoms with Gasteiger partial charge in [-0.15, -0.1) is 0 Å². The first kappa shape index (κ1) is 31.5. The number of hydrogen-bond acceptors (Lipinski definition) is 6. The van der Waals surface area contributed by atoms with E-state index in [1.807, 2.05) is 23.1 Å². The van der Waals surface area contributed by atoms with E-state index < -0.39 is 12.0 Å². The third-order valence-electron chi connectivity index (χ3n) is 9.05. The molecule has 0 radical (unpaired) electrons. The van der Waals surface area contributed by atoms with Crippen LogP contribution in [0.15, 0.2) is 65.1 Å². The number of halogens is 1. The number of carboxylic acids is 1. The fraction of sp³-hybridized carbons (Fsp3) is 0.263. The maximum atomic E-state index is 11.7. The van der Waals surface area contributed by atoms with E-state index in [4.69, 9.17) is 25.7 Å². The average molecular weight is 637 g/mol. The van der Waals surface area contributed by atoms with E-state index in [2.05, 4.69) is 63.3 Å². The lowest BCUT2D eigenvalue weighted by Gasteiger charge is -2.23. The zero-order valence-corrected chi connectivity index (χ0v) is 27.2. The van der Waals surface area contributed by atoms with Crippen molar-refractivity contribution in [2.24, 2.45) is 0 Å².